The number of β-amino-alcohol motifs (C(OH)–C–C–N with tert-alkyl or cyclic N) is 1. The van der Waals surface area contributed by atoms with Gasteiger partial charge in [-0.1, -0.05) is 0 Å². The third-order valence-electron chi connectivity index (χ3n) is 5.38. The largest absolute Gasteiger partial charge is 0.392 e. The highest BCUT2D eigenvalue weighted by Crippen LogP contribution is 2.25. The lowest BCUT2D eigenvalue weighted by Gasteiger charge is -2.35. The molecule has 0 spiro atoms. The van der Waals surface area contributed by atoms with Crippen molar-refractivity contribution in [1.82, 2.24) is 9.80 Å². The SMILES string of the molecule is O[C@H](CCN1CCO[C@H](c2ccsc2)C1)CN1CCO[C@@H](c2ccsc2)C1. The van der Waals surface area contributed by atoms with Gasteiger partial charge in [0.1, 0.15) is 0 Å². The van der Waals surface area contributed by atoms with Crippen LogP contribution in [0.25, 0.3) is 0 Å². The molecule has 148 valence electrons. The monoisotopic (exact) mass is 408 g/mol. The predicted octanol–water partition coefficient (Wildman–Crippen LogP) is 3.01. The van der Waals surface area contributed by atoms with E-state index in [0.717, 1.165) is 58.9 Å². The van der Waals surface area contributed by atoms with Gasteiger partial charge in [0.05, 0.1) is 31.5 Å². The Hall–Kier alpha value is -0.800. The van der Waals surface area contributed by atoms with Crippen molar-refractivity contribution in [3.8, 4) is 0 Å². The first-order valence-electron chi connectivity index (χ1n) is 9.68. The van der Waals surface area contributed by atoms with Crippen molar-refractivity contribution in [3.05, 3.63) is 44.8 Å². The van der Waals surface area contributed by atoms with E-state index in [-0.39, 0.29) is 18.3 Å². The third kappa shape index (κ3) is 5.38. The van der Waals surface area contributed by atoms with Gasteiger partial charge in [-0.05, 0) is 51.2 Å². The highest BCUT2D eigenvalue weighted by molar-refractivity contribution is 7.08. The molecule has 0 bridgehead atoms. The zero-order chi connectivity index (χ0) is 18.5. The lowest BCUT2D eigenvalue weighted by molar-refractivity contribution is -0.0485. The average Bonchev–Trinajstić information content (AvgIpc) is 3.41. The maximum Gasteiger partial charge on any atom is 0.0960 e. The second-order valence-electron chi connectivity index (χ2n) is 7.33. The normalized spacial score (nSPS) is 26.3. The minimum atomic E-state index is -0.298. The fourth-order valence-corrected chi connectivity index (χ4v) is 5.22. The molecule has 2 aliphatic heterocycles. The van der Waals surface area contributed by atoms with Gasteiger partial charge in [0, 0.05) is 39.3 Å². The van der Waals surface area contributed by atoms with Gasteiger partial charge in [-0.3, -0.25) is 9.80 Å². The molecule has 3 atom stereocenters. The van der Waals surface area contributed by atoms with E-state index in [2.05, 4.69) is 43.5 Å². The number of rotatable bonds is 7. The van der Waals surface area contributed by atoms with Gasteiger partial charge in [-0.25, -0.2) is 0 Å². The van der Waals surface area contributed by atoms with E-state index < -0.39 is 0 Å². The number of nitrogens with zero attached hydrogens (tertiary/aromatic N) is 2. The van der Waals surface area contributed by atoms with E-state index >= 15 is 0 Å². The molecule has 0 aliphatic carbocycles. The Morgan fingerprint density at radius 2 is 1.56 bits per heavy atom. The second-order valence-corrected chi connectivity index (χ2v) is 8.89. The fraction of sp³-hybridized carbons (Fsp3) is 0.600. The van der Waals surface area contributed by atoms with E-state index in [0.29, 0.717) is 0 Å². The summed E-state index contributed by atoms with van der Waals surface area (Å²) in [5.74, 6) is 0. The van der Waals surface area contributed by atoms with Crippen molar-refractivity contribution in [1.29, 1.82) is 0 Å². The Balaban J connectivity index is 1.21. The van der Waals surface area contributed by atoms with Gasteiger partial charge < -0.3 is 14.6 Å². The number of ether oxygens (including phenoxy) is 2. The molecule has 4 rings (SSSR count). The summed E-state index contributed by atoms with van der Waals surface area (Å²) in [5, 5.41) is 19.1. The van der Waals surface area contributed by atoms with E-state index in [1.807, 2.05) is 0 Å². The Morgan fingerprint density at radius 3 is 2.15 bits per heavy atom. The molecule has 5 nitrogen and oxygen atoms in total. The average molecular weight is 409 g/mol. The quantitative estimate of drug-likeness (QED) is 0.763. The molecule has 7 heteroatoms. The van der Waals surface area contributed by atoms with Gasteiger partial charge in [0.15, 0.2) is 0 Å². The smallest absolute Gasteiger partial charge is 0.0960 e. The van der Waals surface area contributed by atoms with Crippen LogP contribution in [-0.4, -0.2) is 73.5 Å². The first kappa shape index (κ1) is 19.5. The van der Waals surface area contributed by atoms with E-state index in [1.54, 1.807) is 22.7 Å². The Morgan fingerprint density at radius 1 is 0.963 bits per heavy atom. The molecule has 1 N–H and O–H groups in total. The number of hydrogen-bond acceptors (Lipinski definition) is 7. The van der Waals surface area contributed by atoms with Crippen molar-refractivity contribution in [2.45, 2.75) is 24.7 Å². The molecule has 0 radical (unpaired) electrons. The maximum absolute atomic E-state index is 10.6. The van der Waals surface area contributed by atoms with Crippen molar-refractivity contribution in [3.63, 3.8) is 0 Å². The van der Waals surface area contributed by atoms with Crippen molar-refractivity contribution >= 4 is 22.7 Å². The summed E-state index contributed by atoms with van der Waals surface area (Å²) in [5.41, 5.74) is 2.53. The second kappa shape index (κ2) is 9.60. The van der Waals surface area contributed by atoms with Crippen molar-refractivity contribution < 1.29 is 14.6 Å². The van der Waals surface area contributed by atoms with Crippen molar-refractivity contribution in [2.75, 3.05) is 52.5 Å². The summed E-state index contributed by atoms with van der Waals surface area (Å²) in [6.07, 6.45) is 0.820. The van der Waals surface area contributed by atoms with Crippen LogP contribution in [-0.2, 0) is 9.47 Å². The van der Waals surface area contributed by atoms with Crippen LogP contribution in [0.5, 0.6) is 0 Å². The van der Waals surface area contributed by atoms with Gasteiger partial charge in [0.25, 0.3) is 0 Å². The molecule has 2 fully saturated rings. The number of aliphatic hydroxyl groups excluding tert-OH is 1. The molecule has 4 heterocycles. The molecular formula is C20H28N2O3S2. The molecule has 0 saturated carbocycles. The summed E-state index contributed by atoms with van der Waals surface area (Å²) in [7, 11) is 0. The summed E-state index contributed by atoms with van der Waals surface area (Å²) in [6, 6.07) is 4.29. The summed E-state index contributed by atoms with van der Waals surface area (Å²) in [4.78, 5) is 4.76. The zero-order valence-corrected chi connectivity index (χ0v) is 17.2. The van der Waals surface area contributed by atoms with Crippen LogP contribution in [0.1, 0.15) is 29.8 Å². The van der Waals surface area contributed by atoms with Crippen LogP contribution in [0.15, 0.2) is 33.7 Å². The van der Waals surface area contributed by atoms with Crippen LogP contribution in [0.2, 0.25) is 0 Å². The summed E-state index contributed by atoms with van der Waals surface area (Å²) in [6.45, 7) is 6.78. The van der Waals surface area contributed by atoms with Gasteiger partial charge in [-0.15, -0.1) is 0 Å². The predicted molar refractivity (Wildman–Crippen MR) is 110 cm³/mol. The molecule has 2 aliphatic rings. The van der Waals surface area contributed by atoms with Crippen LogP contribution in [0.3, 0.4) is 0 Å². The first-order valence-corrected chi connectivity index (χ1v) is 11.6. The molecule has 27 heavy (non-hydrogen) atoms. The lowest BCUT2D eigenvalue weighted by Crippen LogP contribution is -2.44. The van der Waals surface area contributed by atoms with Crippen LogP contribution in [0, 0.1) is 0 Å². The minimum Gasteiger partial charge on any atom is -0.392 e. The summed E-state index contributed by atoms with van der Waals surface area (Å²) < 4.78 is 11.8. The number of aliphatic hydroxyl groups is 1. The Kier molecular flexibility index (Phi) is 6.94. The van der Waals surface area contributed by atoms with Gasteiger partial charge >= 0.3 is 0 Å². The van der Waals surface area contributed by atoms with Crippen molar-refractivity contribution in [2.24, 2.45) is 0 Å². The molecule has 2 saturated heterocycles. The van der Waals surface area contributed by atoms with Crippen LogP contribution in [0.4, 0.5) is 0 Å². The standard InChI is InChI=1S/C20H28N2O3S2/c23-18(11-22-6-8-25-20(13-22)17-3-10-27-15-17)1-4-21-5-7-24-19(12-21)16-2-9-26-14-16/h2-3,9-10,14-15,18-20,23H,1,4-8,11-13H2/t18-,19+,20-/m1/s1. The molecular weight excluding hydrogens is 380 g/mol. The van der Waals surface area contributed by atoms with E-state index in [4.69, 9.17) is 9.47 Å². The minimum absolute atomic E-state index is 0.141. The number of thiophene rings is 2. The maximum atomic E-state index is 10.6. The van der Waals surface area contributed by atoms with Crippen LogP contribution < -0.4 is 0 Å². The third-order valence-corrected chi connectivity index (χ3v) is 6.78. The molecule has 0 aromatic carbocycles. The molecule has 2 aromatic heterocycles. The highest BCUT2D eigenvalue weighted by atomic mass is 32.1. The Bertz CT molecular complexity index is 665. The summed E-state index contributed by atoms with van der Waals surface area (Å²) >= 11 is 3.43. The highest BCUT2D eigenvalue weighted by Gasteiger charge is 2.25. The number of morpholine rings is 2. The lowest BCUT2D eigenvalue weighted by atomic mass is 10.1. The van der Waals surface area contributed by atoms with Gasteiger partial charge in [0.2, 0.25) is 0 Å². The van der Waals surface area contributed by atoms with E-state index in [1.165, 1.54) is 11.1 Å². The molecule has 0 amide bonds. The topological polar surface area (TPSA) is 45.2 Å². The zero-order valence-electron chi connectivity index (χ0n) is 15.5. The Labute approximate surface area is 169 Å². The first-order chi connectivity index (χ1) is 13.3. The van der Waals surface area contributed by atoms with E-state index in [9.17, 15) is 5.11 Å². The van der Waals surface area contributed by atoms with Crippen LogP contribution >= 0.6 is 22.7 Å². The number of hydrogen-bond donors (Lipinski definition) is 1. The fourth-order valence-electron chi connectivity index (χ4n) is 3.81. The molecule has 2 aromatic rings. The molecule has 0 unspecified atom stereocenters. The van der Waals surface area contributed by atoms with Gasteiger partial charge in [-0.2, -0.15) is 22.7 Å².